The number of benzene rings is 1. The molecule has 2 N–H and O–H groups in total. The van der Waals surface area contributed by atoms with Crippen LogP contribution in [0.25, 0.3) is 5.82 Å². The summed E-state index contributed by atoms with van der Waals surface area (Å²) in [6.07, 6.45) is 4.70. The van der Waals surface area contributed by atoms with Gasteiger partial charge in [-0.15, -0.1) is 0 Å². The maximum absolute atomic E-state index is 14.7. The average Bonchev–Trinajstić information content (AvgIpc) is 3.27. The molecular formula is C21H24FN7O2. The second-order valence-electron chi connectivity index (χ2n) is 7.50. The van der Waals surface area contributed by atoms with Crippen LogP contribution < -0.4 is 15.5 Å². The van der Waals surface area contributed by atoms with Crippen LogP contribution in [0, 0.1) is 5.82 Å². The first kappa shape index (κ1) is 20.7. The standard InChI is InChI=1S/C21H24FN7O2/c1-14-10-28(11-15(2)31-14)19-5-4-17(7-18(19)22)27-21(30)25-9-16-3-6-20(24-8-16)29-13-23-12-26-29/h3-8,12-15H,9-11H2,1-2H3,(H2,25,27,30)/t14-,15-/m0/s1. The topological polar surface area (TPSA) is 97.2 Å². The molecular weight excluding hydrogens is 401 g/mol. The highest BCUT2D eigenvalue weighted by Gasteiger charge is 2.24. The van der Waals surface area contributed by atoms with Gasteiger partial charge in [-0.2, -0.15) is 5.10 Å². The lowest BCUT2D eigenvalue weighted by Crippen LogP contribution is -2.45. The van der Waals surface area contributed by atoms with Gasteiger partial charge in [-0.05, 0) is 43.7 Å². The van der Waals surface area contributed by atoms with Crippen molar-refractivity contribution in [1.29, 1.82) is 0 Å². The van der Waals surface area contributed by atoms with E-state index in [4.69, 9.17) is 4.74 Å². The van der Waals surface area contributed by atoms with Crippen molar-refractivity contribution in [2.24, 2.45) is 0 Å². The first-order chi connectivity index (χ1) is 15.0. The zero-order valence-corrected chi connectivity index (χ0v) is 17.3. The maximum atomic E-state index is 14.7. The SMILES string of the molecule is C[C@H]1CN(c2ccc(NC(=O)NCc3ccc(-n4cncn4)nc3)cc2F)C[C@H](C)O1. The lowest BCUT2D eigenvalue weighted by atomic mass is 10.2. The smallest absolute Gasteiger partial charge is 0.319 e. The molecule has 0 unspecified atom stereocenters. The quantitative estimate of drug-likeness (QED) is 0.653. The first-order valence-electron chi connectivity index (χ1n) is 10.0. The van der Waals surface area contributed by atoms with E-state index < -0.39 is 6.03 Å². The van der Waals surface area contributed by atoms with E-state index in [1.165, 1.54) is 12.4 Å². The number of hydrogen-bond acceptors (Lipinski definition) is 6. The van der Waals surface area contributed by atoms with Crippen molar-refractivity contribution < 1.29 is 13.9 Å². The number of anilines is 2. The predicted molar refractivity (Wildman–Crippen MR) is 114 cm³/mol. The van der Waals surface area contributed by atoms with Crippen LogP contribution >= 0.6 is 0 Å². The molecule has 3 aromatic rings. The van der Waals surface area contributed by atoms with Gasteiger partial charge in [-0.1, -0.05) is 6.07 Å². The predicted octanol–water partition coefficient (Wildman–Crippen LogP) is 2.74. The van der Waals surface area contributed by atoms with Crippen LogP contribution in [0.5, 0.6) is 0 Å². The molecule has 1 fully saturated rings. The Morgan fingerprint density at radius 3 is 2.68 bits per heavy atom. The van der Waals surface area contributed by atoms with Gasteiger partial charge in [-0.25, -0.2) is 23.8 Å². The molecule has 0 radical (unpaired) electrons. The number of nitrogens with one attached hydrogen (secondary N) is 2. The van der Waals surface area contributed by atoms with Crippen molar-refractivity contribution in [2.45, 2.75) is 32.6 Å². The molecule has 1 aliphatic rings. The summed E-state index contributed by atoms with van der Waals surface area (Å²) >= 11 is 0. The fourth-order valence-electron chi connectivity index (χ4n) is 3.56. The number of morpholine rings is 1. The minimum absolute atomic E-state index is 0.0338. The molecule has 2 amide bonds. The van der Waals surface area contributed by atoms with Crippen LogP contribution in [-0.4, -0.2) is 51.1 Å². The number of carbonyl (C=O) groups excluding carboxylic acids is 1. The van der Waals surface area contributed by atoms with E-state index in [-0.39, 0.29) is 24.6 Å². The summed E-state index contributed by atoms with van der Waals surface area (Å²) < 4.78 is 21.9. The Morgan fingerprint density at radius 2 is 2.03 bits per heavy atom. The van der Waals surface area contributed by atoms with Gasteiger partial charge in [-0.3, -0.25) is 0 Å². The molecule has 10 heteroatoms. The van der Waals surface area contributed by atoms with Gasteiger partial charge in [0.2, 0.25) is 0 Å². The fourth-order valence-corrected chi connectivity index (χ4v) is 3.56. The number of urea groups is 1. The highest BCUT2D eigenvalue weighted by Crippen LogP contribution is 2.26. The Labute approximate surface area is 179 Å². The molecule has 0 aliphatic carbocycles. The van der Waals surface area contributed by atoms with Gasteiger partial charge >= 0.3 is 6.03 Å². The number of rotatable bonds is 5. The number of aromatic nitrogens is 4. The highest BCUT2D eigenvalue weighted by atomic mass is 19.1. The molecule has 2 aromatic heterocycles. The Bertz CT molecular complexity index is 1020. The summed E-state index contributed by atoms with van der Waals surface area (Å²) in [7, 11) is 0. The molecule has 1 saturated heterocycles. The van der Waals surface area contributed by atoms with Crippen LogP contribution in [0.1, 0.15) is 19.4 Å². The summed E-state index contributed by atoms with van der Waals surface area (Å²) in [6.45, 7) is 5.47. The maximum Gasteiger partial charge on any atom is 0.319 e. The summed E-state index contributed by atoms with van der Waals surface area (Å²) in [5.74, 6) is 0.248. The van der Waals surface area contributed by atoms with Gasteiger partial charge in [0.25, 0.3) is 0 Å². The van der Waals surface area contributed by atoms with Gasteiger partial charge in [0.15, 0.2) is 5.82 Å². The zero-order valence-electron chi connectivity index (χ0n) is 17.3. The van der Waals surface area contributed by atoms with Gasteiger partial charge in [0.05, 0.1) is 17.9 Å². The van der Waals surface area contributed by atoms with Crippen LogP contribution in [0.2, 0.25) is 0 Å². The van der Waals surface area contributed by atoms with E-state index in [2.05, 4.69) is 25.7 Å². The van der Waals surface area contributed by atoms with Crippen molar-refractivity contribution in [3.8, 4) is 5.82 Å². The number of amides is 2. The van der Waals surface area contributed by atoms with E-state index in [0.717, 1.165) is 5.56 Å². The third kappa shape index (κ3) is 5.15. The van der Waals surface area contributed by atoms with Gasteiger partial charge in [0, 0.05) is 31.5 Å². The van der Waals surface area contributed by atoms with Crippen LogP contribution in [0.3, 0.4) is 0 Å². The third-order valence-electron chi connectivity index (χ3n) is 4.88. The monoisotopic (exact) mass is 425 g/mol. The van der Waals surface area contributed by atoms with Crippen LogP contribution in [0.4, 0.5) is 20.6 Å². The first-order valence-corrected chi connectivity index (χ1v) is 10.0. The second kappa shape index (κ2) is 9.09. The Hall–Kier alpha value is -3.53. The molecule has 31 heavy (non-hydrogen) atoms. The molecule has 3 heterocycles. The minimum atomic E-state index is -0.430. The Balaban J connectivity index is 1.32. The van der Waals surface area contributed by atoms with E-state index in [9.17, 15) is 9.18 Å². The summed E-state index contributed by atoms with van der Waals surface area (Å²) in [5, 5.41) is 9.41. The summed E-state index contributed by atoms with van der Waals surface area (Å²) in [6, 6.07) is 7.89. The van der Waals surface area contributed by atoms with Crippen LogP contribution in [-0.2, 0) is 11.3 Å². The average molecular weight is 425 g/mol. The molecule has 0 bridgehead atoms. The van der Waals surface area contributed by atoms with Crippen molar-refractivity contribution >= 4 is 17.4 Å². The number of carbonyl (C=O) groups is 1. The molecule has 1 aliphatic heterocycles. The molecule has 162 valence electrons. The number of nitrogens with zero attached hydrogens (tertiary/aromatic N) is 5. The molecule has 0 saturated carbocycles. The molecule has 2 atom stereocenters. The van der Waals surface area contributed by atoms with E-state index >= 15 is 0 Å². The van der Waals surface area contributed by atoms with Crippen molar-refractivity contribution in [1.82, 2.24) is 25.1 Å². The minimum Gasteiger partial charge on any atom is -0.372 e. The van der Waals surface area contributed by atoms with Crippen LogP contribution in [0.15, 0.2) is 49.2 Å². The van der Waals surface area contributed by atoms with Crippen molar-refractivity contribution in [3.63, 3.8) is 0 Å². The largest absolute Gasteiger partial charge is 0.372 e. The van der Waals surface area contributed by atoms with E-state index in [1.54, 1.807) is 35.4 Å². The number of hydrogen-bond donors (Lipinski definition) is 2. The van der Waals surface area contributed by atoms with Gasteiger partial charge in [0.1, 0.15) is 18.5 Å². The number of ether oxygens (including phenoxy) is 1. The molecule has 1 aromatic carbocycles. The normalized spacial score (nSPS) is 18.6. The van der Waals surface area contributed by atoms with E-state index in [1.807, 2.05) is 24.8 Å². The summed E-state index contributed by atoms with van der Waals surface area (Å²) in [5.41, 5.74) is 1.70. The molecule has 9 nitrogen and oxygen atoms in total. The summed E-state index contributed by atoms with van der Waals surface area (Å²) in [4.78, 5) is 22.3. The van der Waals surface area contributed by atoms with Gasteiger partial charge < -0.3 is 20.3 Å². The Morgan fingerprint density at radius 1 is 1.23 bits per heavy atom. The van der Waals surface area contributed by atoms with E-state index in [0.29, 0.717) is 30.3 Å². The zero-order chi connectivity index (χ0) is 21.8. The fraction of sp³-hybridized carbons (Fsp3) is 0.333. The lowest BCUT2D eigenvalue weighted by Gasteiger charge is -2.37. The second-order valence-corrected chi connectivity index (χ2v) is 7.50. The Kier molecular flexibility index (Phi) is 6.08. The number of pyridine rings is 1. The lowest BCUT2D eigenvalue weighted by molar-refractivity contribution is -0.00539. The highest BCUT2D eigenvalue weighted by molar-refractivity contribution is 5.89. The molecule has 4 rings (SSSR count). The number of halogens is 1. The molecule has 0 spiro atoms. The van der Waals surface area contributed by atoms with Crippen molar-refractivity contribution in [2.75, 3.05) is 23.3 Å². The van der Waals surface area contributed by atoms with Crippen molar-refractivity contribution in [3.05, 3.63) is 60.6 Å². The third-order valence-corrected chi connectivity index (χ3v) is 4.88.